The summed E-state index contributed by atoms with van der Waals surface area (Å²) < 4.78 is 7.79. The number of pyridine rings is 2. The number of rotatable bonds is 12. The molecule has 1 aromatic carbocycles. The molecule has 2 radical (unpaired) electrons. The van der Waals surface area contributed by atoms with Crippen LogP contribution < -0.4 is 10.3 Å². The van der Waals surface area contributed by atoms with Crippen LogP contribution in [0.1, 0.15) is 53.4 Å². The number of ether oxygens (including phenoxy) is 1. The third-order valence-electron chi connectivity index (χ3n) is 6.73. The molecule has 0 aliphatic heterocycles. The lowest BCUT2D eigenvalue weighted by atomic mass is 9.99. The van der Waals surface area contributed by atoms with E-state index in [9.17, 15) is 0 Å². The molecule has 0 amide bonds. The normalized spacial score (nSPS) is 11.1. The molecule has 206 valence electrons. The average molecular weight is 535 g/mol. The van der Waals surface area contributed by atoms with Gasteiger partial charge in [-0.15, -0.1) is 0 Å². The zero-order valence-electron chi connectivity index (χ0n) is 24.2. The summed E-state index contributed by atoms with van der Waals surface area (Å²) in [6.07, 6.45) is 12.3. The molecule has 7 nitrogen and oxygen atoms in total. The SMILES string of the molecule is CC.[B]c1ccc2c(-c3cnn4cc(-c5ccc(OCCN(CCC)CCCCC)cn5)cnc34)cccc2n1. The van der Waals surface area contributed by atoms with E-state index in [1.807, 2.05) is 68.8 Å². The maximum atomic E-state index is 5.99. The van der Waals surface area contributed by atoms with Crippen LogP contribution in [0.5, 0.6) is 5.75 Å². The molecule has 0 saturated heterocycles. The molecule has 0 aliphatic rings. The van der Waals surface area contributed by atoms with Crippen LogP contribution in [-0.2, 0) is 0 Å². The molecule has 0 saturated carbocycles. The molecule has 0 spiro atoms. The largest absolute Gasteiger partial charge is 0.491 e. The number of benzene rings is 1. The standard InChI is InChI=1S/C30H33BN6O.C2H6/c1-3-5-6-15-36(14-4-2)16-17-38-23-10-12-27(32-19-23)22-18-33-30-26(20-34-37(30)21-22)24-8-7-9-28-25(24)11-13-29(31)35-28;1-2/h7-13,18-21H,3-6,14-17H2,1-2H3;1-2H3. The van der Waals surface area contributed by atoms with E-state index in [-0.39, 0.29) is 0 Å². The Morgan fingerprint density at radius 2 is 1.73 bits per heavy atom. The number of nitrogens with zero attached hydrogens (tertiary/aromatic N) is 6. The van der Waals surface area contributed by atoms with Gasteiger partial charge in [-0.1, -0.05) is 64.8 Å². The summed E-state index contributed by atoms with van der Waals surface area (Å²) in [6.45, 7) is 12.3. The molecule has 40 heavy (non-hydrogen) atoms. The highest BCUT2D eigenvalue weighted by Gasteiger charge is 2.13. The first kappa shape index (κ1) is 29.2. The van der Waals surface area contributed by atoms with Crippen molar-refractivity contribution in [1.82, 2.24) is 29.5 Å². The minimum atomic E-state index is 0.502. The summed E-state index contributed by atoms with van der Waals surface area (Å²) >= 11 is 0. The molecule has 0 N–H and O–H groups in total. The van der Waals surface area contributed by atoms with Gasteiger partial charge >= 0.3 is 0 Å². The van der Waals surface area contributed by atoms with Crippen molar-refractivity contribution in [1.29, 1.82) is 0 Å². The summed E-state index contributed by atoms with van der Waals surface area (Å²) in [5, 5.41) is 5.59. The first-order chi connectivity index (χ1) is 19.7. The summed E-state index contributed by atoms with van der Waals surface area (Å²) in [5.41, 5.74) is 5.79. The Morgan fingerprint density at radius 3 is 2.50 bits per heavy atom. The van der Waals surface area contributed by atoms with Crippen LogP contribution in [0.15, 0.2) is 67.3 Å². The van der Waals surface area contributed by atoms with Gasteiger partial charge in [-0.2, -0.15) is 5.10 Å². The van der Waals surface area contributed by atoms with Gasteiger partial charge in [0.2, 0.25) is 0 Å². The Hall–Kier alpha value is -3.78. The molecular weight excluding hydrogens is 495 g/mol. The fourth-order valence-corrected chi connectivity index (χ4v) is 4.77. The van der Waals surface area contributed by atoms with Gasteiger partial charge in [0.25, 0.3) is 0 Å². The fraction of sp³-hybridized carbons (Fsp3) is 0.375. The highest BCUT2D eigenvalue weighted by Crippen LogP contribution is 2.30. The molecule has 0 bridgehead atoms. The van der Waals surface area contributed by atoms with Crippen LogP contribution >= 0.6 is 0 Å². The lowest BCUT2D eigenvalue weighted by Gasteiger charge is -2.21. The number of hydrogen-bond donors (Lipinski definition) is 0. The Bertz CT molecular complexity index is 1500. The zero-order valence-corrected chi connectivity index (χ0v) is 24.2. The zero-order chi connectivity index (χ0) is 28.3. The van der Waals surface area contributed by atoms with Crippen LogP contribution in [-0.4, -0.2) is 63.6 Å². The second-order valence-electron chi connectivity index (χ2n) is 9.55. The molecular formula is C32H39BN6O. The van der Waals surface area contributed by atoms with Crippen molar-refractivity contribution >= 4 is 30.0 Å². The van der Waals surface area contributed by atoms with Crippen molar-refractivity contribution in [2.75, 3.05) is 26.2 Å². The van der Waals surface area contributed by atoms with Gasteiger partial charge in [0.1, 0.15) is 20.2 Å². The Labute approximate surface area is 239 Å². The van der Waals surface area contributed by atoms with Crippen molar-refractivity contribution in [3.8, 4) is 28.1 Å². The first-order valence-electron chi connectivity index (χ1n) is 14.5. The van der Waals surface area contributed by atoms with Crippen LogP contribution in [0.4, 0.5) is 0 Å². The van der Waals surface area contributed by atoms with Crippen molar-refractivity contribution in [3.05, 3.63) is 67.3 Å². The van der Waals surface area contributed by atoms with Crippen LogP contribution in [0.25, 0.3) is 38.9 Å². The summed E-state index contributed by atoms with van der Waals surface area (Å²) in [6, 6.07) is 13.7. The molecule has 5 rings (SSSR count). The Morgan fingerprint density at radius 1 is 0.850 bits per heavy atom. The minimum Gasteiger partial charge on any atom is -0.491 e. The van der Waals surface area contributed by atoms with Gasteiger partial charge in [-0.05, 0) is 55.3 Å². The molecule has 0 atom stereocenters. The van der Waals surface area contributed by atoms with Crippen molar-refractivity contribution in [3.63, 3.8) is 0 Å². The Kier molecular flexibility index (Phi) is 10.6. The smallest absolute Gasteiger partial charge is 0.162 e. The summed E-state index contributed by atoms with van der Waals surface area (Å²) in [7, 11) is 5.88. The topological polar surface area (TPSA) is 68.4 Å². The minimum absolute atomic E-state index is 0.502. The number of hydrogen-bond acceptors (Lipinski definition) is 6. The van der Waals surface area contributed by atoms with Gasteiger partial charge in [0, 0.05) is 35.5 Å². The third kappa shape index (κ3) is 7.05. The Balaban J connectivity index is 0.00000181. The highest BCUT2D eigenvalue weighted by atomic mass is 16.5. The predicted octanol–water partition coefficient (Wildman–Crippen LogP) is 6.11. The van der Waals surface area contributed by atoms with Crippen LogP contribution in [0.3, 0.4) is 0 Å². The van der Waals surface area contributed by atoms with E-state index in [0.717, 1.165) is 70.7 Å². The number of fused-ring (bicyclic) bond motifs is 2. The first-order valence-corrected chi connectivity index (χ1v) is 14.5. The predicted molar refractivity (Wildman–Crippen MR) is 165 cm³/mol. The molecule has 4 heterocycles. The van der Waals surface area contributed by atoms with E-state index in [4.69, 9.17) is 17.6 Å². The third-order valence-corrected chi connectivity index (χ3v) is 6.73. The van der Waals surface area contributed by atoms with Crippen molar-refractivity contribution in [2.24, 2.45) is 0 Å². The summed E-state index contributed by atoms with van der Waals surface area (Å²) in [5.74, 6) is 0.777. The quantitative estimate of drug-likeness (QED) is 0.142. The van der Waals surface area contributed by atoms with E-state index in [1.165, 1.54) is 19.3 Å². The number of unbranched alkanes of at least 4 members (excludes halogenated alkanes) is 2. The van der Waals surface area contributed by atoms with Crippen LogP contribution in [0.2, 0.25) is 0 Å². The van der Waals surface area contributed by atoms with Crippen LogP contribution in [0, 0.1) is 0 Å². The van der Waals surface area contributed by atoms with E-state index in [2.05, 4.69) is 39.9 Å². The molecule has 0 aliphatic carbocycles. The molecule has 8 heteroatoms. The van der Waals surface area contributed by atoms with E-state index in [1.54, 1.807) is 10.7 Å². The van der Waals surface area contributed by atoms with Crippen molar-refractivity contribution < 1.29 is 4.74 Å². The fourth-order valence-electron chi connectivity index (χ4n) is 4.77. The van der Waals surface area contributed by atoms with Gasteiger partial charge in [0.05, 0.1) is 23.6 Å². The lowest BCUT2D eigenvalue weighted by Crippen LogP contribution is -2.30. The monoisotopic (exact) mass is 534 g/mol. The maximum Gasteiger partial charge on any atom is 0.162 e. The van der Waals surface area contributed by atoms with E-state index < -0.39 is 0 Å². The molecule has 0 unspecified atom stereocenters. The second kappa shape index (κ2) is 14.6. The lowest BCUT2D eigenvalue weighted by molar-refractivity contribution is 0.205. The average Bonchev–Trinajstić information content (AvgIpc) is 3.41. The number of aromatic nitrogens is 5. The summed E-state index contributed by atoms with van der Waals surface area (Å²) in [4.78, 5) is 16.3. The maximum absolute atomic E-state index is 5.99. The van der Waals surface area contributed by atoms with Gasteiger partial charge in [-0.25, -0.2) is 9.50 Å². The van der Waals surface area contributed by atoms with Gasteiger partial charge < -0.3 is 4.74 Å². The molecule has 4 aromatic heterocycles. The highest BCUT2D eigenvalue weighted by molar-refractivity contribution is 6.31. The van der Waals surface area contributed by atoms with Gasteiger partial charge in [0.15, 0.2) is 5.65 Å². The van der Waals surface area contributed by atoms with Gasteiger partial charge in [-0.3, -0.25) is 14.9 Å². The second-order valence-corrected chi connectivity index (χ2v) is 9.55. The van der Waals surface area contributed by atoms with E-state index in [0.29, 0.717) is 12.2 Å². The van der Waals surface area contributed by atoms with E-state index >= 15 is 0 Å². The molecule has 0 fully saturated rings. The molecule has 5 aromatic rings. The van der Waals surface area contributed by atoms with Crippen molar-refractivity contribution in [2.45, 2.75) is 53.4 Å².